The Balaban J connectivity index is 1.54. The second kappa shape index (κ2) is 6.90. The normalized spacial score (nSPS) is 11.8. The first-order chi connectivity index (χ1) is 14.2. The summed E-state index contributed by atoms with van der Waals surface area (Å²) in [4.78, 5) is 31.1. The van der Waals surface area contributed by atoms with Gasteiger partial charge in [0, 0.05) is 26.7 Å². The van der Waals surface area contributed by atoms with Gasteiger partial charge in [-0.3, -0.25) is 9.59 Å². The molecule has 140 valence electrons. The molecule has 29 heavy (non-hydrogen) atoms. The first-order valence-electron chi connectivity index (χ1n) is 9.04. The van der Waals surface area contributed by atoms with Crippen LogP contribution in [0, 0.1) is 0 Å². The van der Waals surface area contributed by atoms with Crippen molar-refractivity contribution in [1.29, 1.82) is 0 Å². The van der Waals surface area contributed by atoms with Crippen molar-refractivity contribution in [3.05, 3.63) is 81.6 Å². The third-order valence-electron chi connectivity index (χ3n) is 5.20. The molecule has 5 rings (SSSR count). The summed E-state index contributed by atoms with van der Waals surface area (Å²) >= 11 is 3.54. The molecule has 0 fully saturated rings. The number of carbonyl (C=O) groups excluding carboxylic acids is 2. The van der Waals surface area contributed by atoms with Gasteiger partial charge in [-0.05, 0) is 65.1 Å². The van der Waals surface area contributed by atoms with Gasteiger partial charge in [-0.25, -0.2) is 9.97 Å². The molecule has 0 unspecified atom stereocenters. The fraction of sp³-hybridized carbons (Fsp3) is 0.0435. The molecule has 0 amide bonds. The number of rotatable bonds is 4. The minimum Gasteiger partial charge on any atom is -0.340 e. The molecular formula is C23H14BrN3O2. The molecule has 0 spiro atoms. The maximum Gasteiger partial charge on any atom is 0.150 e. The second-order valence-electron chi connectivity index (χ2n) is 6.93. The number of aldehydes is 2. The average molecular weight is 444 g/mol. The first-order valence-corrected chi connectivity index (χ1v) is 9.83. The van der Waals surface area contributed by atoms with E-state index in [0.717, 1.165) is 16.6 Å². The molecule has 5 nitrogen and oxygen atoms in total. The summed E-state index contributed by atoms with van der Waals surface area (Å²) in [5.41, 5.74) is 7.20. The summed E-state index contributed by atoms with van der Waals surface area (Å²) < 4.78 is 1.08. The van der Waals surface area contributed by atoms with Crippen LogP contribution in [0.4, 0.5) is 11.5 Å². The lowest BCUT2D eigenvalue weighted by atomic mass is 10.0. The summed E-state index contributed by atoms with van der Waals surface area (Å²) in [7, 11) is 0. The number of aromatic nitrogens is 2. The van der Waals surface area contributed by atoms with Crippen molar-refractivity contribution < 1.29 is 9.59 Å². The predicted octanol–water partition coefficient (Wildman–Crippen LogP) is 5.33. The van der Waals surface area contributed by atoms with Crippen LogP contribution in [0.5, 0.6) is 0 Å². The Morgan fingerprint density at radius 1 is 0.862 bits per heavy atom. The maximum absolute atomic E-state index is 11.3. The Hall–Kier alpha value is -3.38. The Morgan fingerprint density at radius 2 is 1.59 bits per heavy atom. The minimum atomic E-state index is 0.318. The van der Waals surface area contributed by atoms with E-state index >= 15 is 0 Å². The van der Waals surface area contributed by atoms with Crippen LogP contribution in [0.25, 0.3) is 22.0 Å². The smallest absolute Gasteiger partial charge is 0.150 e. The van der Waals surface area contributed by atoms with E-state index in [0.29, 0.717) is 40.4 Å². The molecule has 0 saturated carbocycles. The molecule has 4 aromatic rings. The topological polar surface area (TPSA) is 72.0 Å². The van der Waals surface area contributed by atoms with Crippen LogP contribution < -0.4 is 5.32 Å². The van der Waals surface area contributed by atoms with Gasteiger partial charge in [0.1, 0.15) is 12.1 Å². The number of hydrogen-bond donors (Lipinski definition) is 1. The van der Waals surface area contributed by atoms with E-state index in [2.05, 4.69) is 61.5 Å². The maximum atomic E-state index is 11.3. The second-order valence-corrected chi connectivity index (χ2v) is 7.85. The van der Waals surface area contributed by atoms with Crippen molar-refractivity contribution in [3.8, 4) is 11.1 Å². The number of halogens is 1. The van der Waals surface area contributed by atoms with Crippen LogP contribution in [-0.2, 0) is 6.42 Å². The van der Waals surface area contributed by atoms with E-state index < -0.39 is 0 Å². The average Bonchev–Trinajstić information content (AvgIpc) is 3.09. The number of fused-ring (bicyclic) bond motifs is 4. The third-order valence-corrected chi connectivity index (χ3v) is 5.69. The van der Waals surface area contributed by atoms with Gasteiger partial charge in [0.25, 0.3) is 0 Å². The van der Waals surface area contributed by atoms with E-state index in [1.54, 1.807) is 12.1 Å². The van der Waals surface area contributed by atoms with Gasteiger partial charge in [0.2, 0.25) is 0 Å². The lowest BCUT2D eigenvalue weighted by molar-refractivity contribution is 0.109. The molecule has 1 N–H and O–H groups in total. The summed E-state index contributed by atoms with van der Waals surface area (Å²) in [6.45, 7) is 0. The number of carbonyl (C=O) groups is 2. The van der Waals surface area contributed by atoms with Gasteiger partial charge in [-0.2, -0.15) is 0 Å². The highest BCUT2D eigenvalue weighted by Crippen LogP contribution is 2.39. The van der Waals surface area contributed by atoms with Crippen molar-refractivity contribution in [3.63, 3.8) is 0 Å². The molecular weight excluding hydrogens is 430 g/mol. The number of anilines is 2. The van der Waals surface area contributed by atoms with Gasteiger partial charge in [-0.15, -0.1) is 0 Å². The van der Waals surface area contributed by atoms with Crippen LogP contribution in [0.15, 0.2) is 59.3 Å². The van der Waals surface area contributed by atoms with E-state index in [1.807, 2.05) is 6.07 Å². The molecule has 0 aliphatic heterocycles. The number of nitrogens with zero attached hydrogens (tertiary/aromatic N) is 2. The summed E-state index contributed by atoms with van der Waals surface area (Å²) in [5, 5.41) is 4.03. The fourth-order valence-electron chi connectivity index (χ4n) is 3.83. The lowest BCUT2D eigenvalue weighted by Gasteiger charge is -2.11. The monoisotopic (exact) mass is 443 g/mol. The van der Waals surface area contributed by atoms with Gasteiger partial charge < -0.3 is 5.32 Å². The van der Waals surface area contributed by atoms with Crippen LogP contribution in [-0.4, -0.2) is 22.5 Å². The van der Waals surface area contributed by atoms with Crippen molar-refractivity contribution >= 4 is 50.9 Å². The Morgan fingerprint density at radius 3 is 2.38 bits per heavy atom. The van der Waals surface area contributed by atoms with Crippen molar-refractivity contribution in [1.82, 2.24) is 9.97 Å². The summed E-state index contributed by atoms with van der Waals surface area (Å²) in [6, 6.07) is 15.9. The highest BCUT2D eigenvalue weighted by Gasteiger charge is 2.19. The molecule has 1 aliphatic carbocycles. The Bertz CT molecular complexity index is 1320. The van der Waals surface area contributed by atoms with E-state index in [1.165, 1.54) is 28.6 Å². The van der Waals surface area contributed by atoms with Crippen molar-refractivity contribution in [2.45, 2.75) is 6.42 Å². The lowest BCUT2D eigenvalue weighted by Crippen LogP contribution is -1.99. The Labute approximate surface area is 174 Å². The fourth-order valence-corrected chi connectivity index (χ4v) is 4.24. The number of hydrogen-bond acceptors (Lipinski definition) is 5. The summed E-state index contributed by atoms with van der Waals surface area (Å²) in [6.07, 6.45) is 3.66. The minimum absolute atomic E-state index is 0.318. The highest BCUT2D eigenvalue weighted by atomic mass is 79.9. The molecule has 3 aromatic carbocycles. The summed E-state index contributed by atoms with van der Waals surface area (Å²) in [5.74, 6) is 0.591. The zero-order chi connectivity index (χ0) is 20.0. The standard InChI is InChI=1S/C23H14BrN3O2/c24-17-1-3-19-13(6-17)5-14-7-18(2-4-20(14)19)27-23-21-8-15(10-28)16(11-29)9-22(21)25-12-26-23/h1-4,6-12H,5H2,(H,25,26,27). The van der Waals surface area contributed by atoms with Crippen LogP contribution in [0.2, 0.25) is 0 Å². The van der Waals surface area contributed by atoms with E-state index in [9.17, 15) is 9.59 Å². The molecule has 0 radical (unpaired) electrons. The van der Waals surface area contributed by atoms with Crippen LogP contribution in [0.3, 0.4) is 0 Å². The predicted molar refractivity (Wildman–Crippen MR) is 116 cm³/mol. The van der Waals surface area contributed by atoms with Crippen molar-refractivity contribution in [2.75, 3.05) is 5.32 Å². The molecule has 0 saturated heterocycles. The SMILES string of the molecule is O=Cc1cc2ncnc(Nc3ccc4c(c3)Cc3cc(Br)ccc3-4)c2cc1C=O. The number of nitrogens with one attached hydrogen (secondary N) is 1. The molecule has 1 aromatic heterocycles. The van der Waals surface area contributed by atoms with E-state index in [4.69, 9.17) is 0 Å². The van der Waals surface area contributed by atoms with Gasteiger partial charge >= 0.3 is 0 Å². The van der Waals surface area contributed by atoms with Crippen LogP contribution >= 0.6 is 15.9 Å². The molecule has 1 aliphatic rings. The first kappa shape index (κ1) is 17.7. The van der Waals surface area contributed by atoms with E-state index in [-0.39, 0.29) is 0 Å². The molecule has 6 heteroatoms. The number of benzene rings is 3. The zero-order valence-corrected chi connectivity index (χ0v) is 16.7. The van der Waals surface area contributed by atoms with Crippen molar-refractivity contribution in [2.24, 2.45) is 0 Å². The largest absolute Gasteiger partial charge is 0.340 e. The zero-order valence-electron chi connectivity index (χ0n) is 15.1. The van der Waals surface area contributed by atoms with Gasteiger partial charge in [-0.1, -0.05) is 28.1 Å². The molecule has 0 bridgehead atoms. The van der Waals surface area contributed by atoms with Gasteiger partial charge in [0.15, 0.2) is 12.6 Å². The molecule has 1 heterocycles. The highest BCUT2D eigenvalue weighted by molar-refractivity contribution is 9.10. The molecule has 0 atom stereocenters. The quantitative estimate of drug-likeness (QED) is 0.380. The van der Waals surface area contributed by atoms with Gasteiger partial charge in [0.05, 0.1) is 5.52 Å². The Kier molecular flexibility index (Phi) is 4.21. The third kappa shape index (κ3) is 3.02. The van der Waals surface area contributed by atoms with Crippen LogP contribution in [0.1, 0.15) is 31.8 Å².